The van der Waals surface area contributed by atoms with Crippen molar-refractivity contribution in [3.63, 3.8) is 0 Å². The van der Waals surface area contributed by atoms with Gasteiger partial charge in [-0.2, -0.15) is 9.97 Å². The minimum absolute atomic E-state index is 0.0468. The van der Waals surface area contributed by atoms with E-state index in [-0.39, 0.29) is 23.4 Å². The molecule has 198 valence electrons. The van der Waals surface area contributed by atoms with Crippen molar-refractivity contribution in [1.29, 1.82) is 0 Å². The molecule has 3 N–H and O–H groups in total. The number of benzene rings is 2. The summed E-state index contributed by atoms with van der Waals surface area (Å²) in [5.74, 6) is 2.74. The Hall–Kier alpha value is -4.05. The highest BCUT2D eigenvalue weighted by atomic mass is 19.1. The van der Waals surface area contributed by atoms with Crippen LogP contribution in [-0.2, 0) is 19.4 Å². The van der Waals surface area contributed by atoms with Crippen LogP contribution in [-0.4, -0.2) is 45.7 Å². The van der Waals surface area contributed by atoms with Gasteiger partial charge in [-0.25, -0.2) is 9.37 Å². The van der Waals surface area contributed by atoms with Crippen molar-refractivity contribution in [2.75, 3.05) is 30.4 Å². The van der Waals surface area contributed by atoms with Gasteiger partial charge < -0.3 is 20.7 Å². The van der Waals surface area contributed by atoms with Crippen molar-refractivity contribution < 1.29 is 9.13 Å². The summed E-state index contributed by atoms with van der Waals surface area (Å²) in [4.78, 5) is 29.7. The average Bonchev–Trinajstić information content (AvgIpc) is 3.63. The highest BCUT2D eigenvalue weighted by molar-refractivity contribution is 5.88. The van der Waals surface area contributed by atoms with Gasteiger partial charge in [0.15, 0.2) is 0 Å². The standard InChI is InChI=1S/C29H28FN7O2/c1-32-23-9-15(30)8-18-17(23)11-24-26(18)27(36-12-14-7-21(31)20(14)13-36)35-29(34-24)39-16-4-5-22-19(10-16)28(38)37-6-2-3-25(37)33-22/h4-5,8-10,14,20-21,32H,2-3,6-7,11-13,31H2,1H3/t14?,20?,21-/m1/s1. The van der Waals surface area contributed by atoms with E-state index in [2.05, 4.69) is 15.2 Å². The molecule has 0 spiro atoms. The quantitative estimate of drug-likeness (QED) is 0.367. The van der Waals surface area contributed by atoms with Gasteiger partial charge in [0, 0.05) is 56.8 Å². The SMILES string of the molecule is CNc1cc(F)cc2c1Cc1nc(Oc3ccc4nc5n(c(=O)c4c3)CCC5)nc(N3CC4C[C@@H](N)C4C3)c1-2. The normalized spacial score (nSPS) is 22.3. The number of ether oxygens (including phenoxy) is 1. The first-order valence-corrected chi connectivity index (χ1v) is 13.6. The zero-order valence-electron chi connectivity index (χ0n) is 21.6. The Morgan fingerprint density at radius 3 is 2.87 bits per heavy atom. The van der Waals surface area contributed by atoms with Gasteiger partial charge in [-0.1, -0.05) is 0 Å². The molecule has 4 aliphatic rings. The molecule has 2 aromatic carbocycles. The van der Waals surface area contributed by atoms with Gasteiger partial charge in [-0.15, -0.1) is 0 Å². The predicted octanol–water partition coefficient (Wildman–Crippen LogP) is 3.46. The maximum absolute atomic E-state index is 14.6. The molecule has 0 radical (unpaired) electrons. The summed E-state index contributed by atoms with van der Waals surface area (Å²) in [6.07, 6.45) is 3.30. The van der Waals surface area contributed by atoms with E-state index in [1.807, 2.05) is 6.07 Å². The zero-order valence-corrected chi connectivity index (χ0v) is 21.6. The third kappa shape index (κ3) is 3.40. The van der Waals surface area contributed by atoms with Gasteiger partial charge in [0.2, 0.25) is 0 Å². The Kier molecular flexibility index (Phi) is 4.83. The van der Waals surface area contributed by atoms with Crippen molar-refractivity contribution in [3.8, 4) is 22.9 Å². The highest BCUT2D eigenvalue weighted by Gasteiger charge is 2.46. The second kappa shape index (κ2) is 8.22. The van der Waals surface area contributed by atoms with Crippen LogP contribution in [0, 0.1) is 17.7 Å². The lowest BCUT2D eigenvalue weighted by Gasteiger charge is -2.36. The minimum Gasteiger partial charge on any atom is -0.424 e. The number of halogens is 1. The molecule has 39 heavy (non-hydrogen) atoms. The Morgan fingerprint density at radius 1 is 1.15 bits per heavy atom. The molecule has 2 aliphatic carbocycles. The summed E-state index contributed by atoms with van der Waals surface area (Å²) in [6.45, 7) is 2.35. The third-order valence-corrected chi connectivity index (χ3v) is 8.95. The monoisotopic (exact) mass is 525 g/mol. The van der Waals surface area contributed by atoms with Gasteiger partial charge in [-0.05, 0) is 66.1 Å². The molecule has 2 fully saturated rings. The summed E-state index contributed by atoms with van der Waals surface area (Å²) >= 11 is 0. The molecule has 3 atom stereocenters. The summed E-state index contributed by atoms with van der Waals surface area (Å²) in [7, 11) is 1.80. The largest absolute Gasteiger partial charge is 0.424 e. The molecule has 2 aliphatic heterocycles. The molecule has 9 nitrogen and oxygen atoms in total. The number of hydrogen-bond acceptors (Lipinski definition) is 8. The van der Waals surface area contributed by atoms with Crippen LogP contribution in [0.5, 0.6) is 11.8 Å². The molecule has 10 heteroatoms. The molecular weight excluding hydrogens is 497 g/mol. The Labute approximate surface area is 223 Å². The molecule has 2 unspecified atom stereocenters. The Morgan fingerprint density at radius 2 is 2.05 bits per heavy atom. The average molecular weight is 526 g/mol. The number of fused-ring (bicyclic) bond motifs is 6. The highest BCUT2D eigenvalue weighted by Crippen LogP contribution is 2.48. The van der Waals surface area contributed by atoms with Crippen molar-refractivity contribution in [1.82, 2.24) is 19.5 Å². The second-order valence-electron chi connectivity index (χ2n) is 11.2. The molecule has 1 saturated heterocycles. The predicted molar refractivity (Wildman–Crippen MR) is 146 cm³/mol. The Balaban J connectivity index is 1.23. The zero-order chi connectivity index (χ0) is 26.4. The first-order chi connectivity index (χ1) is 19.0. The maximum atomic E-state index is 14.6. The molecule has 4 heterocycles. The van der Waals surface area contributed by atoms with Crippen LogP contribution in [0.2, 0.25) is 0 Å². The van der Waals surface area contributed by atoms with E-state index >= 15 is 0 Å². The first kappa shape index (κ1) is 22.9. The van der Waals surface area contributed by atoms with E-state index < -0.39 is 0 Å². The smallest absolute Gasteiger partial charge is 0.324 e. The number of aromatic nitrogens is 4. The van der Waals surface area contributed by atoms with E-state index in [0.717, 1.165) is 72.1 Å². The molecule has 1 saturated carbocycles. The van der Waals surface area contributed by atoms with Gasteiger partial charge in [-0.3, -0.25) is 9.36 Å². The minimum atomic E-state index is -0.303. The molecule has 0 bridgehead atoms. The van der Waals surface area contributed by atoms with Crippen molar-refractivity contribution in [3.05, 3.63) is 63.6 Å². The van der Waals surface area contributed by atoms with Gasteiger partial charge >= 0.3 is 6.01 Å². The summed E-state index contributed by atoms with van der Waals surface area (Å²) < 4.78 is 22.6. The van der Waals surface area contributed by atoms with Crippen LogP contribution in [0.1, 0.15) is 29.9 Å². The summed E-state index contributed by atoms with van der Waals surface area (Å²) in [5, 5.41) is 3.65. The van der Waals surface area contributed by atoms with E-state index in [0.29, 0.717) is 41.5 Å². The fraction of sp³-hybridized carbons (Fsp3) is 0.379. The molecule has 0 amide bonds. The number of anilines is 2. The van der Waals surface area contributed by atoms with E-state index in [4.69, 9.17) is 20.4 Å². The van der Waals surface area contributed by atoms with E-state index in [1.54, 1.807) is 29.8 Å². The second-order valence-corrected chi connectivity index (χ2v) is 11.2. The Bertz CT molecular complexity index is 1750. The van der Waals surface area contributed by atoms with Crippen LogP contribution >= 0.6 is 0 Å². The molecular formula is C29H28FN7O2. The van der Waals surface area contributed by atoms with Crippen LogP contribution in [0.15, 0.2) is 35.1 Å². The van der Waals surface area contributed by atoms with Crippen LogP contribution < -0.4 is 26.2 Å². The lowest BCUT2D eigenvalue weighted by molar-refractivity contribution is 0.194. The topological polar surface area (TPSA) is 111 Å². The first-order valence-electron chi connectivity index (χ1n) is 13.6. The maximum Gasteiger partial charge on any atom is 0.324 e. The summed E-state index contributed by atoms with van der Waals surface area (Å²) in [5.41, 5.74) is 11.1. The lowest BCUT2D eigenvalue weighted by Crippen LogP contribution is -2.46. The fourth-order valence-electron chi connectivity index (χ4n) is 6.95. The van der Waals surface area contributed by atoms with Crippen LogP contribution in [0.25, 0.3) is 22.0 Å². The fourth-order valence-corrected chi connectivity index (χ4v) is 6.95. The van der Waals surface area contributed by atoms with E-state index in [1.165, 1.54) is 6.07 Å². The third-order valence-electron chi connectivity index (χ3n) is 8.95. The summed E-state index contributed by atoms with van der Waals surface area (Å²) in [6, 6.07) is 8.85. The number of aryl methyl sites for hydroxylation is 1. The number of rotatable bonds is 4. The van der Waals surface area contributed by atoms with Crippen molar-refractivity contribution >= 4 is 22.4 Å². The number of nitrogens with zero attached hydrogens (tertiary/aromatic N) is 5. The molecule has 8 rings (SSSR count). The van der Waals surface area contributed by atoms with Crippen LogP contribution in [0.4, 0.5) is 15.9 Å². The van der Waals surface area contributed by atoms with Crippen LogP contribution in [0.3, 0.4) is 0 Å². The van der Waals surface area contributed by atoms with Gasteiger partial charge in [0.05, 0.1) is 16.6 Å². The number of nitrogens with one attached hydrogen (secondary N) is 1. The molecule has 4 aromatic rings. The van der Waals surface area contributed by atoms with Gasteiger partial charge in [0.1, 0.15) is 23.2 Å². The van der Waals surface area contributed by atoms with E-state index in [9.17, 15) is 9.18 Å². The molecule has 2 aromatic heterocycles. The van der Waals surface area contributed by atoms with Crippen molar-refractivity contribution in [2.45, 2.75) is 38.3 Å². The number of hydrogen-bond donors (Lipinski definition) is 2. The lowest BCUT2D eigenvalue weighted by atomic mass is 9.72. The van der Waals surface area contributed by atoms with Crippen molar-refractivity contribution in [2.24, 2.45) is 17.6 Å². The van der Waals surface area contributed by atoms with Gasteiger partial charge in [0.25, 0.3) is 5.56 Å². The number of nitrogens with two attached hydrogens (primary N) is 1.